The van der Waals surface area contributed by atoms with Crippen LogP contribution in [0.25, 0.3) is 0 Å². The summed E-state index contributed by atoms with van der Waals surface area (Å²) in [6.45, 7) is 3.51. The van der Waals surface area contributed by atoms with Crippen molar-refractivity contribution in [3.05, 3.63) is 0 Å². The molecule has 0 bridgehead atoms. The normalized spacial score (nSPS) is 36.6. The quantitative estimate of drug-likeness (QED) is 0.679. The van der Waals surface area contributed by atoms with E-state index in [1.165, 1.54) is 0 Å². The lowest BCUT2D eigenvalue weighted by molar-refractivity contribution is 0.00506. The van der Waals surface area contributed by atoms with Crippen molar-refractivity contribution in [2.75, 3.05) is 40.0 Å². The fourth-order valence-electron chi connectivity index (χ4n) is 2.32. The van der Waals surface area contributed by atoms with Gasteiger partial charge in [-0.25, -0.2) is 0 Å². The standard InChI is InChI=1S/C10H19NO3/c1-11(2-3-12)5-9-4-8-6-13-7-10(8)14-9/h8-10,12H,2-7H2,1H3. The predicted molar refractivity (Wildman–Crippen MR) is 52.2 cm³/mol. The van der Waals surface area contributed by atoms with Crippen LogP contribution in [0.4, 0.5) is 0 Å². The number of aliphatic hydroxyl groups is 1. The molecule has 2 fully saturated rings. The molecule has 0 amide bonds. The summed E-state index contributed by atoms with van der Waals surface area (Å²) >= 11 is 0. The Morgan fingerprint density at radius 3 is 3.00 bits per heavy atom. The Morgan fingerprint density at radius 2 is 2.29 bits per heavy atom. The molecule has 2 heterocycles. The maximum Gasteiger partial charge on any atom is 0.0863 e. The van der Waals surface area contributed by atoms with E-state index in [1.807, 2.05) is 7.05 Å². The second kappa shape index (κ2) is 4.57. The molecule has 4 heteroatoms. The number of hydrogen-bond donors (Lipinski definition) is 1. The van der Waals surface area contributed by atoms with Crippen LogP contribution in [0.5, 0.6) is 0 Å². The monoisotopic (exact) mass is 201 g/mol. The molecule has 82 valence electrons. The van der Waals surface area contributed by atoms with E-state index in [0.717, 1.165) is 32.7 Å². The maximum absolute atomic E-state index is 8.77. The second-order valence-corrected chi connectivity index (χ2v) is 4.32. The van der Waals surface area contributed by atoms with Crippen molar-refractivity contribution in [1.29, 1.82) is 0 Å². The van der Waals surface area contributed by atoms with E-state index in [2.05, 4.69) is 4.90 Å². The highest BCUT2D eigenvalue weighted by molar-refractivity contribution is 4.86. The summed E-state index contributed by atoms with van der Waals surface area (Å²) in [5.74, 6) is 0.613. The third-order valence-corrected chi connectivity index (χ3v) is 3.07. The molecule has 2 saturated heterocycles. The van der Waals surface area contributed by atoms with Crippen molar-refractivity contribution in [2.45, 2.75) is 18.6 Å². The van der Waals surface area contributed by atoms with Gasteiger partial charge in [-0.1, -0.05) is 0 Å². The van der Waals surface area contributed by atoms with Crippen molar-refractivity contribution in [3.63, 3.8) is 0 Å². The van der Waals surface area contributed by atoms with Gasteiger partial charge in [0.2, 0.25) is 0 Å². The molecular formula is C10H19NO3. The number of ether oxygens (including phenoxy) is 2. The molecule has 0 spiro atoms. The fraction of sp³-hybridized carbons (Fsp3) is 1.00. The Labute approximate surface area is 84.8 Å². The number of hydrogen-bond acceptors (Lipinski definition) is 4. The van der Waals surface area contributed by atoms with Crippen LogP contribution in [-0.2, 0) is 9.47 Å². The number of rotatable bonds is 4. The number of aliphatic hydroxyl groups excluding tert-OH is 1. The SMILES string of the molecule is CN(CCO)CC1CC2COCC2O1. The van der Waals surface area contributed by atoms with Gasteiger partial charge in [-0.2, -0.15) is 0 Å². The minimum Gasteiger partial charge on any atom is -0.395 e. The van der Waals surface area contributed by atoms with Gasteiger partial charge < -0.3 is 19.5 Å². The van der Waals surface area contributed by atoms with E-state index in [0.29, 0.717) is 18.1 Å². The molecule has 0 aromatic carbocycles. The molecule has 2 aliphatic rings. The Morgan fingerprint density at radius 1 is 1.43 bits per heavy atom. The van der Waals surface area contributed by atoms with Crippen LogP contribution in [0.15, 0.2) is 0 Å². The molecule has 0 aromatic rings. The molecule has 3 unspecified atom stereocenters. The Bertz CT molecular complexity index is 176. The minimum atomic E-state index is 0.221. The zero-order valence-electron chi connectivity index (χ0n) is 8.69. The largest absolute Gasteiger partial charge is 0.395 e. The zero-order valence-corrected chi connectivity index (χ0v) is 8.69. The van der Waals surface area contributed by atoms with Crippen molar-refractivity contribution < 1.29 is 14.6 Å². The van der Waals surface area contributed by atoms with Gasteiger partial charge in [0.1, 0.15) is 0 Å². The molecule has 0 aromatic heterocycles. The van der Waals surface area contributed by atoms with Gasteiger partial charge in [0.05, 0.1) is 32.0 Å². The van der Waals surface area contributed by atoms with E-state index in [1.54, 1.807) is 0 Å². The molecule has 0 saturated carbocycles. The van der Waals surface area contributed by atoms with E-state index >= 15 is 0 Å². The zero-order chi connectivity index (χ0) is 9.97. The molecule has 0 aliphatic carbocycles. The van der Waals surface area contributed by atoms with Crippen molar-refractivity contribution >= 4 is 0 Å². The molecular weight excluding hydrogens is 182 g/mol. The Kier molecular flexibility index (Phi) is 3.38. The first-order valence-electron chi connectivity index (χ1n) is 5.32. The summed E-state index contributed by atoms with van der Waals surface area (Å²) in [4.78, 5) is 2.12. The third-order valence-electron chi connectivity index (χ3n) is 3.07. The molecule has 4 nitrogen and oxygen atoms in total. The summed E-state index contributed by atoms with van der Waals surface area (Å²) in [5.41, 5.74) is 0. The minimum absolute atomic E-state index is 0.221. The van der Waals surface area contributed by atoms with Gasteiger partial charge >= 0.3 is 0 Å². The highest BCUT2D eigenvalue weighted by Crippen LogP contribution is 2.31. The van der Waals surface area contributed by atoms with Crippen molar-refractivity contribution in [2.24, 2.45) is 5.92 Å². The summed E-state index contributed by atoms with van der Waals surface area (Å²) in [6.07, 6.45) is 1.79. The third kappa shape index (κ3) is 2.25. The van der Waals surface area contributed by atoms with Gasteiger partial charge in [0.25, 0.3) is 0 Å². The summed E-state index contributed by atoms with van der Waals surface area (Å²) in [5, 5.41) is 8.77. The van der Waals surface area contributed by atoms with E-state index in [4.69, 9.17) is 14.6 Å². The van der Waals surface area contributed by atoms with Gasteiger partial charge in [-0.05, 0) is 13.5 Å². The van der Waals surface area contributed by atoms with Crippen LogP contribution < -0.4 is 0 Å². The first-order chi connectivity index (χ1) is 6.79. The average molecular weight is 201 g/mol. The lowest BCUT2D eigenvalue weighted by atomic mass is 10.0. The highest BCUT2D eigenvalue weighted by Gasteiger charge is 2.39. The number of likely N-dealkylation sites (N-methyl/N-ethyl adjacent to an activating group) is 1. The van der Waals surface area contributed by atoms with Crippen molar-refractivity contribution in [1.82, 2.24) is 4.90 Å². The first-order valence-corrected chi connectivity index (χ1v) is 5.32. The van der Waals surface area contributed by atoms with Crippen LogP contribution >= 0.6 is 0 Å². The summed E-state index contributed by atoms with van der Waals surface area (Å²) < 4.78 is 11.2. The second-order valence-electron chi connectivity index (χ2n) is 4.32. The fourth-order valence-corrected chi connectivity index (χ4v) is 2.32. The molecule has 0 radical (unpaired) electrons. The van der Waals surface area contributed by atoms with E-state index < -0.39 is 0 Å². The molecule has 2 rings (SSSR count). The Balaban J connectivity index is 1.73. The van der Waals surface area contributed by atoms with Gasteiger partial charge in [-0.15, -0.1) is 0 Å². The van der Waals surface area contributed by atoms with Gasteiger partial charge in [-0.3, -0.25) is 0 Å². The highest BCUT2D eigenvalue weighted by atomic mass is 16.6. The topological polar surface area (TPSA) is 41.9 Å². The summed E-state index contributed by atoms with van der Waals surface area (Å²) in [7, 11) is 2.02. The predicted octanol–water partition coefficient (Wildman–Crippen LogP) is -0.286. The van der Waals surface area contributed by atoms with Gasteiger partial charge in [0, 0.05) is 19.0 Å². The maximum atomic E-state index is 8.77. The van der Waals surface area contributed by atoms with Crippen LogP contribution in [0.1, 0.15) is 6.42 Å². The molecule has 3 atom stereocenters. The van der Waals surface area contributed by atoms with Crippen molar-refractivity contribution in [3.8, 4) is 0 Å². The van der Waals surface area contributed by atoms with Crippen LogP contribution in [0, 0.1) is 5.92 Å². The number of fused-ring (bicyclic) bond motifs is 1. The smallest absolute Gasteiger partial charge is 0.0863 e. The van der Waals surface area contributed by atoms with Crippen LogP contribution in [-0.4, -0.2) is 62.2 Å². The summed E-state index contributed by atoms with van der Waals surface area (Å²) in [6, 6.07) is 0. The molecule has 14 heavy (non-hydrogen) atoms. The molecule has 1 N–H and O–H groups in total. The molecule has 2 aliphatic heterocycles. The lowest BCUT2D eigenvalue weighted by Crippen LogP contribution is -2.31. The first kappa shape index (κ1) is 10.4. The number of nitrogens with zero attached hydrogens (tertiary/aromatic N) is 1. The van der Waals surface area contributed by atoms with Crippen LogP contribution in [0.2, 0.25) is 0 Å². The van der Waals surface area contributed by atoms with E-state index in [-0.39, 0.29) is 6.61 Å². The average Bonchev–Trinajstić information content (AvgIpc) is 2.63. The van der Waals surface area contributed by atoms with E-state index in [9.17, 15) is 0 Å². The Hall–Kier alpha value is -0.160. The van der Waals surface area contributed by atoms with Gasteiger partial charge in [0.15, 0.2) is 0 Å². The lowest BCUT2D eigenvalue weighted by Gasteiger charge is -2.20. The van der Waals surface area contributed by atoms with Crippen LogP contribution in [0.3, 0.4) is 0 Å².